The second kappa shape index (κ2) is 5.37. The Hall–Kier alpha value is -2.28. The molecule has 0 radical (unpaired) electrons. The Morgan fingerprint density at radius 1 is 1.50 bits per heavy atom. The number of aromatic nitrogens is 2. The predicted octanol–water partition coefficient (Wildman–Crippen LogP) is 1.95. The molecule has 0 aromatic carbocycles. The van der Waals surface area contributed by atoms with Gasteiger partial charge in [0.05, 0.1) is 11.9 Å². The fourth-order valence-corrected chi connectivity index (χ4v) is 1.95. The Morgan fingerprint density at radius 3 is 2.89 bits per heavy atom. The molecule has 6 nitrogen and oxygen atoms in total. The Bertz CT molecular complexity index is 580. The van der Waals surface area contributed by atoms with Crippen LogP contribution in [0.5, 0.6) is 5.88 Å². The van der Waals surface area contributed by atoms with E-state index in [9.17, 15) is 9.90 Å². The molecule has 0 saturated heterocycles. The van der Waals surface area contributed by atoms with Gasteiger partial charge in [-0.15, -0.1) is 0 Å². The van der Waals surface area contributed by atoms with Gasteiger partial charge in [0.25, 0.3) is 0 Å². The highest BCUT2D eigenvalue weighted by atomic mass is 32.1. The molecule has 18 heavy (non-hydrogen) atoms. The minimum atomic E-state index is -0.235. The van der Waals surface area contributed by atoms with Crippen LogP contribution in [0.25, 0.3) is 0 Å². The van der Waals surface area contributed by atoms with Crippen LogP contribution in [0.2, 0.25) is 0 Å². The largest absolute Gasteiger partial charge is 0.492 e. The SMILES string of the molecule is CC(=O)Nc1nc(O)c(C=Nc2ccncc2)s1. The number of aliphatic imine (C=N–C) groups is 1. The third-order valence-electron chi connectivity index (χ3n) is 1.91. The van der Waals surface area contributed by atoms with Gasteiger partial charge in [-0.2, -0.15) is 4.98 Å². The topological polar surface area (TPSA) is 87.5 Å². The lowest BCUT2D eigenvalue weighted by atomic mass is 10.4. The Balaban J connectivity index is 2.17. The monoisotopic (exact) mass is 262 g/mol. The highest BCUT2D eigenvalue weighted by Gasteiger charge is 2.08. The smallest absolute Gasteiger partial charge is 0.233 e. The van der Waals surface area contributed by atoms with Crippen LogP contribution in [0.15, 0.2) is 29.5 Å². The first-order chi connectivity index (χ1) is 8.65. The molecule has 2 aromatic rings. The standard InChI is InChI=1S/C11H10N4O2S/c1-7(16)14-11-15-10(17)9(18-11)6-13-8-2-4-12-5-3-8/h2-6,17H,1H3,(H,14,15,16). The van der Waals surface area contributed by atoms with Crippen molar-refractivity contribution in [3.8, 4) is 5.88 Å². The van der Waals surface area contributed by atoms with Gasteiger partial charge in [0, 0.05) is 19.3 Å². The highest BCUT2D eigenvalue weighted by molar-refractivity contribution is 7.17. The van der Waals surface area contributed by atoms with Crippen molar-refractivity contribution in [1.82, 2.24) is 9.97 Å². The van der Waals surface area contributed by atoms with E-state index in [2.05, 4.69) is 20.3 Å². The van der Waals surface area contributed by atoms with Gasteiger partial charge < -0.3 is 10.4 Å². The summed E-state index contributed by atoms with van der Waals surface area (Å²) in [5.74, 6) is -0.386. The summed E-state index contributed by atoms with van der Waals surface area (Å²) in [5.41, 5.74) is 0.721. The molecule has 92 valence electrons. The Labute approximate surface area is 107 Å². The summed E-state index contributed by atoms with van der Waals surface area (Å²) in [6.45, 7) is 1.38. The lowest BCUT2D eigenvalue weighted by Crippen LogP contribution is -2.04. The highest BCUT2D eigenvalue weighted by Crippen LogP contribution is 2.26. The lowest BCUT2D eigenvalue weighted by Gasteiger charge is -1.91. The van der Waals surface area contributed by atoms with E-state index in [0.29, 0.717) is 10.0 Å². The van der Waals surface area contributed by atoms with E-state index in [1.807, 2.05) is 0 Å². The molecule has 0 atom stereocenters. The number of carbonyl (C=O) groups excluding carboxylic acids is 1. The summed E-state index contributed by atoms with van der Waals surface area (Å²) in [5, 5.41) is 12.4. The van der Waals surface area contributed by atoms with Crippen molar-refractivity contribution in [3.05, 3.63) is 29.4 Å². The molecule has 7 heteroatoms. The van der Waals surface area contributed by atoms with Crippen molar-refractivity contribution >= 4 is 34.3 Å². The molecule has 0 fully saturated rings. The first-order valence-corrected chi connectivity index (χ1v) is 5.88. The van der Waals surface area contributed by atoms with E-state index in [1.54, 1.807) is 24.5 Å². The van der Waals surface area contributed by atoms with Crippen molar-refractivity contribution in [2.75, 3.05) is 5.32 Å². The minimum absolute atomic E-state index is 0.151. The number of carbonyl (C=O) groups is 1. The number of aromatic hydroxyl groups is 1. The van der Waals surface area contributed by atoms with Crippen LogP contribution in [0, 0.1) is 0 Å². The van der Waals surface area contributed by atoms with Crippen LogP contribution in [0.1, 0.15) is 11.8 Å². The van der Waals surface area contributed by atoms with Crippen LogP contribution in [-0.2, 0) is 4.79 Å². The molecule has 0 aliphatic rings. The number of hydrogen-bond acceptors (Lipinski definition) is 6. The molecule has 0 unspecified atom stereocenters. The fraction of sp³-hybridized carbons (Fsp3) is 0.0909. The number of amides is 1. The van der Waals surface area contributed by atoms with Crippen molar-refractivity contribution in [3.63, 3.8) is 0 Å². The molecule has 0 aliphatic carbocycles. The summed E-state index contributed by atoms with van der Waals surface area (Å²) >= 11 is 1.15. The average Bonchev–Trinajstić information content (AvgIpc) is 2.67. The zero-order valence-corrected chi connectivity index (χ0v) is 10.3. The second-order valence-corrected chi connectivity index (χ2v) is 4.38. The number of nitrogens with one attached hydrogen (secondary N) is 1. The number of hydrogen-bond donors (Lipinski definition) is 2. The molecule has 0 saturated carbocycles. The summed E-state index contributed by atoms with van der Waals surface area (Å²) in [7, 11) is 0. The quantitative estimate of drug-likeness (QED) is 0.827. The molecule has 2 aromatic heterocycles. The molecule has 2 rings (SSSR count). The van der Waals surface area contributed by atoms with Gasteiger partial charge in [0.2, 0.25) is 11.8 Å². The van der Waals surface area contributed by atoms with Crippen LogP contribution in [0.4, 0.5) is 10.8 Å². The Morgan fingerprint density at radius 2 is 2.22 bits per heavy atom. The third kappa shape index (κ3) is 3.11. The maximum absolute atomic E-state index is 10.8. The van der Waals surface area contributed by atoms with Crippen LogP contribution in [-0.4, -0.2) is 27.2 Å². The number of nitrogens with zero attached hydrogens (tertiary/aromatic N) is 3. The summed E-state index contributed by atoms with van der Waals surface area (Å²) in [6.07, 6.45) is 4.75. The third-order valence-corrected chi connectivity index (χ3v) is 2.81. The van der Waals surface area contributed by atoms with Gasteiger partial charge in [0.1, 0.15) is 4.88 Å². The lowest BCUT2D eigenvalue weighted by molar-refractivity contribution is -0.114. The zero-order chi connectivity index (χ0) is 13.0. The van der Waals surface area contributed by atoms with Gasteiger partial charge in [-0.25, -0.2) is 0 Å². The van der Waals surface area contributed by atoms with Gasteiger partial charge in [-0.1, -0.05) is 11.3 Å². The van der Waals surface area contributed by atoms with Crippen molar-refractivity contribution in [1.29, 1.82) is 0 Å². The van der Waals surface area contributed by atoms with E-state index in [-0.39, 0.29) is 11.8 Å². The molecule has 0 spiro atoms. The molecule has 2 heterocycles. The van der Waals surface area contributed by atoms with E-state index < -0.39 is 0 Å². The van der Waals surface area contributed by atoms with E-state index >= 15 is 0 Å². The summed E-state index contributed by atoms with van der Waals surface area (Å²) in [6, 6.07) is 3.48. The van der Waals surface area contributed by atoms with E-state index in [1.165, 1.54) is 13.1 Å². The van der Waals surface area contributed by atoms with Crippen molar-refractivity contribution in [2.45, 2.75) is 6.92 Å². The minimum Gasteiger partial charge on any atom is -0.492 e. The molecular formula is C11H10N4O2S. The molecule has 0 aliphatic heterocycles. The normalized spacial score (nSPS) is 10.7. The van der Waals surface area contributed by atoms with E-state index in [4.69, 9.17) is 0 Å². The van der Waals surface area contributed by atoms with Crippen molar-refractivity contribution in [2.24, 2.45) is 4.99 Å². The van der Waals surface area contributed by atoms with Crippen LogP contribution < -0.4 is 5.32 Å². The first-order valence-electron chi connectivity index (χ1n) is 5.06. The van der Waals surface area contributed by atoms with E-state index in [0.717, 1.165) is 17.0 Å². The zero-order valence-electron chi connectivity index (χ0n) is 9.49. The molecular weight excluding hydrogens is 252 g/mol. The number of thiazole rings is 1. The first kappa shape index (κ1) is 12.2. The number of pyridine rings is 1. The van der Waals surface area contributed by atoms with Gasteiger partial charge in [-0.05, 0) is 12.1 Å². The second-order valence-electron chi connectivity index (χ2n) is 3.35. The van der Waals surface area contributed by atoms with Crippen molar-refractivity contribution < 1.29 is 9.90 Å². The van der Waals surface area contributed by atoms with Gasteiger partial charge in [-0.3, -0.25) is 14.8 Å². The van der Waals surface area contributed by atoms with Gasteiger partial charge >= 0.3 is 0 Å². The van der Waals surface area contributed by atoms with Crippen LogP contribution >= 0.6 is 11.3 Å². The predicted molar refractivity (Wildman–Crippen MR) is 69.6 cm³/mol. The Kier molecular flexibility index (Phi) is 3.63. The number of anilines is 1. The van der Waals surface area contributed by atoms with Gasteiger partial charge in [0.15, 0.2) is 5.13 Å². The summed E-state index contributed by atoms with van der Waals surface area (Å²) in [4.78, 5) is 23.2. The molecule has 1 amide bonds. The maximum atomic E-state index is 10.8. The maximum Gasteiger partial charge on any atom is 0.233 e. The molecule has 0 bridgehead atoms. The molecule has 2 N–H and O–H groups in total. The fourth-order valence-electron chi connectivity index (χ4n) is 1.18. The number of rotatable bonds is 3. The summed E-state index contributed by atoms with van der Waals surface area (Å²) < 4.78 is 0. The van der Waals surface area contributed by atoms with Crippen LogP contribution in [0.3, 0.4) is 0 Å². The average molecular weight is 262 g/mol.